The average molecular weight is 207 g/mol. The number of hydrogen-bond acceptors (Lipinski definition) is 2. The maximum atomic E-state index is 2.86. The fourth-order valence-electron chi connectivity index (χ4n) is 0.975. The van der Waals surface area contributed by atoms with E-state index in [1.165, 1.54) is 9.40 Å². The summed E-state index contributed by atoms with van der Waals surface area (Å²) in [6, 6.07) is 8.20. The van der Waals surface area contributed by atoms with Gasteiger partial charge in [0.15, 0.2) is 0 Å². The smallest absolute Gasteiger partial charge is 0.0450 e. The lowest BCUT2D eigenvalue weighted by atomic mass is 10.5. The Bertz CT molecular complexity index is 368. The topological polar surface area (TPSA) is 15.8 Å². The van der Waals surface area contributed by atoms with Crippen molar-refractivity contribution in [2.45, 2.75) is 0 Å². The third-order valence-corrected chi connectivity index (χ3v) is 3.46. The lowest BCUT2D eigenvalue weighted by molar-refractivity contribution is 1.42. The molecule has 66 valence electrons. The molecule has 0 aliphatic rings. The first kappa shape index (κ1) is 8.53. The van der Waals surface area contributed by atoms with E-state index >= 15 is 0 Å². The average Bonchev–Trinajstić information content (AvgIpc) is 2.84. The maximum Gasteiger partial charge on any atom is 0.0450 e. The monoisotopic (exact) mass is 207 g/mol. The van der Waals surface area contributed by atoms with Gasteiger partial charge < -0.3 is 4.98 Å². The summed E-state index contributed by atoms with van der Waals surface area (Å²) in [5.41, 5.74) is 0. The van der Waals surface area contributed by atoms with Crippen LogP contribution in [-0.2, 0) is 0 Å². The van der Waals surface area contributed by atoms with E-state index in [9.17, 15) is 0 Å². The van der Waals surface area contributed by atoms with Crippen LogP contribution < -0.4 is 0 Å². The van der Waals surface area contributed by atoms with E-state index in [1.807, 2.05) is 24.5 Å². The summed E-state index contributed by atoms with van der Waals surface area (Å²) >= 11 is 3.61. The zero-order valence-electron chi connectivity index (χ0n) is 6.94. The SMILES string of the molecule is c1cc2sccc2s1.c1cc[nH]c1. The first-order chi connectivity index (χ1) is 6.47. The van der Waals surface area contributed by atoms with Gasteiger partial charge in [0.2, 0.25) is 0 Å². The van der Waals surface area contributed by atoms with Gasteiger partial charge in [-0.15, -0.1) is 22.7 Å². The van der Waals surface area contributed by atoms with Crippen molar-refractivity contribution in [1.82, 2.24) is 4.98 Å². The molecule has 0 unspecified atom stereocenters. The van der Waals surface area contributed by atoms with Crippen molar-refractivity contribution in [1.29, 1.82) is 0 Å². The molecule has 0 aromatic carbocycles. The molecule has 0 aliphatic heterocycles. The van der Waals surface area contributed by atoms with Crippen LogP contribution in [-0.4, -0.2) is 4.98 Å². The molecule has 1 N–H and O–H groups in total. The van der Waals surface area contributed by atoms with Crippen LogP contribution in [0.5, 0.6) is 0 Å². The summed E-state index contributed by atoms with van der Waals surface area (Å²) in [5.74, 6) is 0. The van der Waals surface area contributed by atoms with Crippen LogP contribution in [0.3, 0.4) is 0 Å². The molecule has 1 nitrogen and oxygen atoms in total. The molecule has 0 fully saturated rings. The predicted molar refractivity (Wildman–Crippen MR) is 60.5 cm³/mol. The molecular weight excluding hydrogens is 198 g/mol. The quantitative estimate of drug-likeness (QED) is 0.574. The highest BCUT2D eigenvalue weighted by atomic mass is 32.1. The Hall–Kier alpha value is -1.06. The van der Waals surface area contributed by atoms with Crippen molar-refractivity contribution in [3.63, 3.8) is 0 Å². The Labute approximate surface area is 84.7 Å². The number of aromatic nitrogens is 1. The molecule has 0 saturated carbocycles. The van der Waals surface area contributed by atoms with Crippen molar-refractivity contribution in [3.8, 4) is 0 Å². The summed E-state index contributed by atoms with van der Waals surface area (Å²) in [5, 5.41) is 4.25. The number of rotatable bonds is 0. The van der Waals surface area contributed by atoms with Gasteiger partial charge in [-0.2, -0.15) is 0 Å². The second kappa shape index (κ2) is 4.25. The first-order valence-corrected chi connectivity index (χ1v) is 5.71. The maximum absolute atomic E-state index is 2.86. The molecule has 0 aliphatic carbocycles. The molecule has 13 heavy (non-hydrogen) atoms. The van der Waals surface area contributed by atoms with E-state index in [0.717, 1.165) is 0 Å². The van der Waals surface area contributed by atoms with E-state index in [0.29, 0.717) is 0 Å². The summed E-state index contributed by atoms with van der Waals surface area (Å²) in [7, 11) is 0. The van der Waals surface area contributed by atoms with Gasteiger partial charge in [0.25, 0.3) is 0 Å². The zero-order chi connectivity index (χ0) is 8.93. The third kappa shape index (κ3) is 2.20. The second-order valence-electron chi connectivity index (χ2n) is 2.45. The van der Waals surface area contributed by atoms with Gasteiger partial charge in [0.05, 0.1) is 0 Å². The summed E-state index contributed by atoms with van der Waals surface area (Å²) in [6.45, 7) is 0. The molecule has 3 heterocycles. The number of thiophene rings is 2. The van der Waals surface area contributed by atoms with Gasteiger partial charge in [0.1, 0.15) is 0 Å². The van der Waals surface area contributed by atoms with Crippen LogP contribution in [0, 0.1) is 0 Å². The largest absolute Gasteiger partial charge is 0.368 e. The van der Waals surface area contributed by atoms with Crippen molar-refractivity contribution in [2.75, 3.05) is 0 Å². The molecule has 0 atom stereocenters. The molecule has 0 radical (unpaired) electrons. The van der Waals surface area contributed by atoms with Gasteiger partial charge in [-0.25, -0.2) is 0 Å². The van der Waals surface area contributed by atoms with Gasteiger partial charge in [0, 0.05) is 21.8 Å². The standard InChI is InChI=1S/C6H4S2.C4H5N/c1-3-7-6-2-4-8-5(1)6;1-2-4-5-3-1/h1-4H;1-5H. The summed E-state index contributed by atoms with van der Waals surface area (Å²) < 4.78 is 2.82. The molecule has 3 heteroatoms. The normalized spacial score (nSPS) is 9.54. The summed E-state index contributed by atoms with van der Waals surface area (Å²) in [6.07, 6.45) is 3.75. The van der Waals surface area contributed by atoms with Crippen LogP contribution in [0.15, 0.2) is 47.4 Å². The van der Waals surface area contributed by atoms with E-state index in [2.05, 4.69) is 27.9 Å². The van der Waals surface area contributed by atoms with Gasteiger partial charge in [-0.1, -0.05) is 0 Å². The number of H-pyrrole nitrogens is 1. The van der Waals surface area contributed by atoms with Gasteiger partial charge in [-0.3, -0.25) is 0 Å². The Balaban J connectivity index is 0.000000113. The minimum absolute atomic E-state index is 1.41. The van der Waals surface area contributed by atoms with Crippen LogP contribution >= 0.6 is 22.7 Å². The van der Waals surface area contributed by atoms with Gasteiger partial charge >= 0.3 is 0 Å². The molecule has 0 amide bonds. The van der Waals surface area contributed by atoms with Crippen molar-refractivity contribution in [3.05, 3.63) is 47.4 Å². The van der Waals surface area contributed by atoms with E-state index in [1.54, 1.807) is 22.7 Å². The van der Waals surface area contributed by atoms with Crippen molar-refractivity contribution >= 4 is 32.1 Å². The lowest BCUT2D eigenvalue weighted by Gasteiger charge is -1.63. The lowest BCUT2D eigenvalue weighted by Crippen LogP contribution is -1.38. The Kier molecular flexibility index (Phi) is 2.79. The molecular formula is C10H9NS2. The molecule has 3 aromatic rings. The second-order valence-corrected chi connectivity index (χ2v) is 4.35. The predicted octanol–water partition coefficient (Wildman–Crippen LogP) is 3.98. The number of fused-ring (bicyclic) bond motifs is 1. The highest BCUT2D eigenvalue weighted by Crippen LogP contribution is 2.25. The fraction of sp³-hybridized carbons (Fsp3) is 0. The molecule has 3 rings (SSSR count). The van der Waals surface area contributed by atoms with Gasteiger partial charge in [-0.05, 0) is 35.0 Å². The molecule has 3 aromatic heterocycles. The Morgan fingerprint density at radius 1 is 0.846 bits per heavy atom. The number of hydrogen-bond donors (Lipinski definition) is 1. The van der Waals surface area contributed by atoms with E-state index in [-0.39, 0.29) is 0 Å². The van der Waals surface area contributed by atoms with E-state index in [4.69, 9.17) is 0 Å². The Morgan fingerprint density at radius 3 is 1.77 bits per heavy atom. The van der Waals surface area contributed by atoms with Crippen molar-refractivity contribution < 1.29 is 0 Å². The first-order valence-electron chi connectivity index (χ1n) is 3.95. The Morgan fingerprint density at radius 2 is 1.38 bits per heavy atom. The van der Waals surface area contributed by atoms with Crippen LogP contribution in [0.4, 0.5) is 0 Å². The van der Waals surface area contributed by atoms with Crippen LogP contribution in [0.2, 0.25) is 0 Å². The molecule has 0 bridgehead atoms. The minimum atomic E-state index is 1.41. The third-order valence-electron chi connectivity index (χ3n) is 1.57. The molecule has 0 spiro atoms. The summed E-state index contributed by atoms with van der Waals surface area (Å²) in [4.78, 5) is 2.86. The van der Waals surface area contributed by atoms with Crippen molar-refractivity contribution in [2.24, 2.45) is 0 Å². The zero-order valence-corrected chi connectivity index (χ0v) is 8.57. The number of aromatic amines is 1. The fourth-order valence-corrected chi connectivity index (χ4v) is 2.80. The number of nitrogens with one attached hydrogen (secondary N) is 1. The van der Waals surface area contributed by atoms with E-state index < -0.39 is 0 Å². The van der Waals surface area contributed by atoms with Crippen LogP contribution in [0.1, 0.15) is 0 Å². The highest BCUT2D eigenvalue weighted by molar-refractivity contribution is 7.25. The molecule has 0 saturated heterocycles. The minimum Gasteiger partial charge on any atom is -0.368 e. The highest BCUT2D eigenvalue weighted by Gasteiger charge is 1.90. The van der Waals surface area contributed by atoms with Crippen LogP contribution in [0.25, 0.3) is 9.40 Å².